The summed E-state index contributed by atoms with van der Waals surface area (Å²) in [6, 6.07) is 30.5. The second-order valence-electron chi connectivity index (χ2n) is 7.98. The molecule has 4 nitrogen and oxygen atoms in total. The normalized spacial score (nSPS) is 13.5. The van der Waals surface area contributed by atoms with Crippen LogP contribution in [0.4, 0.5) is 0 Å². The first-order valence-electron chi connectivity index (χ1n) is 10.7. The first-order valence-corrected chi connectivity index (χ1v) is 12.4. The summed E-state index contributed by atoms with van der Waals surface area (Å²) in [7, 11) is -3.25. The van der Waals surface area contributed by atoms with Crippen LogP contribution in [-0.2, 0) is 4.57 Å². The Labute approximate surface area is 190 Å². The van der Waals surface area contributed by atoms with Gasteiger partial charge in [0.05, 0.1) is 17.8 Å². The Hall–Kier alpha value is -3.04. The van der Waals surface area contributed by atoms with Gasteiger partial charge in [-0.3, -0.25) is 14.6 Å². The molecule has 0 spiro atoms. The fourth-order valence-electron chi connectivity index (χ4n) is 4.06. The van der Waals surface area contributed by atoms with Crippen molar-refractivity contribution in [1.29, 1.82) is 0 Å². The molecule has 32 heavy (non-hydrogen) atoms. The van der Waals surface area contributed by atoms with Gasteiger partial charge in [0, 0.05) is 16.8 Å². The van der Waals surface area contributed by atoms with Crippen molar-refractivity contribution in [3.8, 4) is 0 Å². The molecule has 2 atom stereocenters. The molecule has 0 radical (unpaired) electrons. The first-order chi connectivity index (χ1) is 15.5. The smallest absolute Gasteiger partial charge is 0.205 e. The van der Waals surface area contributed by atoms with E-state index in [1.807, 2.05) is 111 Å². The van der Waals surface area contributed by atoms with Crippen LogP contribution in [0.2, 0.25) is 0 Å². The molecule has 0 saturated carbocycles. The SMILES string of the molecule is Cc1ccccc1P(=O)(N[C@H](c1ccccc1)[C@@H](N)c1ccccn1)c1ccccc1C. The predicted octanol–water partition coefficient (Wildman–Crippen LogP) is 4.96. The summed E-state index contributed by atoms with van der Waals surface area (Å²) >= 11 is 0. The number of pyridine rings is 1. The van der Waals surface area contributed by atoms with Gasteiger partial charge in [-0.2, -0.15) is 0 Å². The molecule has 1 heterocycles. The number of aryl methyl sites for hydroxylation is 2. The maximum absolute atomic E-state index is 15.0. The quantitative estimate of drug-likeness (QED) is 0.398. The van der Waals surface area contributed by atoms with Crippen LogP contribution in [0.25, 0.3) is 0 Å². The largest absolute Gasteiger partial charge is 0.321 e. The average Bonchev–Trinajstić information content (AvgIpc) is 2.83. The lowest BCUT2D eigenvalue weighted by Crippen LogP contribution is -2.37. The molecule has 0 fully saturated rings. The van der Waals surface area contributed by atoms with Crippen molar-refractivity contribution in [2.24, 2.45) is 5.73 Å². The van der Waals surface area contributed by atoms with E-state index in [1.165, 1.54) is 0 Å². The maximum atomic E-state index is 15.0. The van der Waals surface area contributed by atoms with E-state index >= 15 is 0 Å². The Bertz CT molecular complexity index is 1180. The molecular weight excluding hydrogens is 413 g/mol. The van der Waals surface area contributed by atoms with Crippen molar-refractivity contribution in [1.82, 2.24) is 10.1 Å². The summed E-state index contributed by atoms with van der Waals surface area (Å²) in [5.41, 5.74) is 10.4. The minimum absolute atomic E-state index is 0.406. The van der Waals surface area contributed by atoms with Crippen molar-refractivity contribution < 1.29 is 4.57 Å². The highest BCUT2D eigenvalue weighted by molar-refractivity contribution is 7.77. The molecule has 3 N–H and O–H groups in total. The number of nitrogens with zero attached hydrogens (tertiary/aromatic N) is 1. The highest BCUT2D eigenvalue weighted by Gasteiger charge is 2.35. The van der Waals surface area contributed by atoms with Gasteiger partial charge in [0.15, 0.2) is 0 Å². The Morgan fingerprint density at radius 3 is 1.81 bits per heavy atom. The maximum Gasteiger partial charge on any atom is 0.205 e. The monoisotopic (exact) mass is 441 g/mol. The van der Waals surface area contributed by atoms with Crippen molar-refractivity contribution in [2.45, 2.75) is 25.9 Å². The molecule has 0 aliphatic heterocycles. The molecule has 162 valence electrons. The topological polar surface area (TPSA) is 68.0 Å². The van der Waals surface area contributed by atoms with E-state index in [1.54, 1.807) is 6.20 Å². The molecule has 5 heteroatoms. The predicted molar refractivity (Wildman–Crippen MR) is 133 cm³/mol. The second kappa shape index (κ2) is 9.62. The van der Waals surface area contributed by atoms with Crippen molar-refractivity contribution in [3.05, 3.63) is 126 Å². The van der Waals surface area contributed by atoms with E-state index in [2.05, 4.69) is 10.1 Å². The van der Waals surface area contributed by atoms with Crippen LogP contribution in [0, 0.1) is 13.8 Å². The van der Waals surface area contributed by atoms with E-state index in [0.29, 0.717) is 0 Å². The number of rotatable bonds is 7. The summed E-state index contributed by atoms with van der Waals surface area (Å²) < 4.78 is 15.0. The zero-order chi connectivity index (χ0) is 22.6. The zero-order valence-corrected chi connectivity index (χ0v) is 19.2. The third-order valence-corrected chi connectivity index (χ3v) is 8.78. The number of nitrogens with one attached hydrogen (secondary N) is 1. The van der Waals surface area contributed by atoms with Gasteiger partial charge >= 0.3 is 0 Å². The highest BCUT2D eigenvalue weighted by atomic mass is 31.2. The van der Waals surface area contributed by atoms with Crippen LogP contribution in [0.15, 0.2) is 103 Å². The van der Waals surface area contributed by atoms with Crippen LogP contribution in [0.3, 0.4) is 0 Å². The third-order valence-electron chi connectivity index (χ3n) is 5.78. The van der Waals surface area contributed by atoms with Gasteiger partial charge in [-0.05, 0) is 54.8 Å². The number of benzene rings is 3. The minimum Gasteiger partial charge on any atom is -0.321 e. The number of hydrogen-bond acceptors (Lipinski definition) is 3. The lowest BCUT2D eigenvalue weighted by molar-refractivity contribution is 0.503. The summed E-state index contributed by atoms with van der Waals surface area (Å²) in [5.74, 6) is 0. The molecule has 0 aliphatic carbocycles. The number of aromatic nitrogens is 1. The average molecular weight is 442 g/mol. The third kappa shape index (κ3) is 4.44. The zero-order valence-electron chi connectivity index (χ0n) is 18.3. The number of nitrogens with two attached hydrogens (primary N) is 1. The summed E-state index contributed by atoms with van der Waals surface area (Å²) in [6.45, 7) is 4.00. The minimum atomic E-state index is -3.25. The van der Waals surface area contributed by atoms with E-state index < -0.39 is 19.4 Å². The molecular formula is C27H28N3OP. The highest BCUT2D eigenvalue weighted by Crippen LogP contribution is 2.45. The summed E-state index contributed by atoms with van der Waals surface area (Å²) in [4.78, 5) is 4.48. The molecule has 4 aromatic rings. The van der Waals surface area contributed by atoms with Gasteiger partial charge in [-0.15, -0.1) is 0 Å². The van der Waals surface area contributed by atoms with Gasteiger partial charge in [0.1, 0.15) is 0 Å². The molecule has 0 aliphatic rings. The molecule has 0 unspecified atom stereocenters. The van der Waals surface area contributed by atoms with Gasteiger partial charge in [-0.25, -0.2) is 0 Å². The van der Waals surface area contributed by atoms with Crippen molar-refractivity contribution >= 4 is 17.9 Å². The number of hydrogen-bond donors (Lipinski definition) is 2. The van der Waals surface area contributed by atoms with E-state index in [0.717, 1.165) is 33.0 Å². The van der Waals surface area contributed by atoms with Gasteiger partial charge < -0.3 is 5.73 Å². The molecule has 3 aromatic carbocycles. The van der Waals surface area contributed by atoms with Crippen molar-refractivity contribution in [3.63, 3.8) is 0 Å². The van der Waals surface area contributed by atoms with Crippen LogP contribution in [0.5, 0.6) is 0 Å². The molecule has 0 saturated heterocycles. The molecule has 0 amide bonds. The Morgan fingerprint density at radius 2 is 1.28 bits per heavy atom. The van der Waals surface area contributed by atoms with E-state index in [-0.39, 0.29) is 0 Å². The lowest BCUT2D eigenvalue weighted by atomic mass is 9.98. The van der Waals surface area contributed by atoms with Crippen LogP contribution >= 0.6 is 7.29 Å². The summed E-state index contributed by atoms with van der Waals surface area (Å²) in [5, 5.41) is 5.14. The van der Waals surface area contributed by atoms with Gasteiger partial charge in [0.2, 0.25) is 7.29 Å². The van der Waals surface area contributed by atoms with Gasteiger partial charge in [-0.1, -0.05) is 72.8 Å². The fourth-order valence-corrected chi connectivity index (χ4v) is 7.04. The summed E-state index contributed by atoms with van der Waals surface area (Å²) in [6.07, 6.45) is 1.74. The van der Waals surface area contributed by atoms with Crippen molar-refractivity contribution in [2.75, 3.05) is 0 Å². The Balaban J connectivity index is 1.89. The standard InChI is InChI=1S/C27H28N3OP/c1-20-12-6-8-17-24(20)32(31,25-18-9-7-13-21(25)2)30-27(22-14-4-3-5-15-22)26(28)23-16-10-11-19-29-23/h3-19,26-27H,28H2,1-2H3,(H,30,31)/t26-,27+/m0/s1. The lowest BCUT2D eigenvalue weighted by Gasteiger charge is -2.32. The second-order valence-corrected chi connectivity index (χ2v) is 10.4. The molecule has 0 bridgehead atoms. The fraction of sp³-hybridized carbons (Fsp3) is 0.148. The van der Waals surface area contributed by atoms with E-state index in [9.17, 15) is 4.57 Å². The Morgan fingerprint density at radius 1 is 0.750 bits per heavy atom. The molecule has 4 rings (SSSR count). The van der Waals surface area contributed by atoms with Crippen LogP contribution in [0.1, 0.15) is 34.5 Å². The van der Waals surface area contributed by atoms with Crippen LogP contribution in [-0.4, -0.2) is 4.98 Å². The first kappa shape index (κ1) is 22.2. The van der Waals surface area contributed by atoms with Crippen LogP contribution < -0.4 is 21.4 Å². The molecule has 1 aromatic heterocycles. The van der Waals surface area contributed by atoms with E-state index in [4.69, 9.17) is 5.73 Å². The van der Waals surface area contributed by atoms with Gasteiger partial charge in [0.25, 0.3) is 0 Å². The Kier molecular flexibility index (Phi) is 6.66.